The summed E-state index contributed by atoms with van der Waals surface area (Å²) >= 11 is 0. The largest absolute Gasteiger partial charge is 0.497 e. The van der Waals surface area contributed by atoms with Crippen molar-refractivity contribution in [3.8, 4) is 5.75 Å². The molecule has 4 rings (SSSR count). The van der Waals surface area contributed by atoms with Crippen LogP contribution in [-0.4, -0.2) is 185 Å². The van der Waals surface area contributed by atoms with E-state index in [1.807, 2.05) is 27.7 Å². The second-order valence-electron chi connectivity index (χ2n) is 22.4. The lowest BCUT2D eigenvalue weighted by atomic mass is 9.95. The van der Waals surface area contributed by atoms with Crippen molar-refractivity contribution in [1.29, 1.82) is 0 Å². The molecule has 424 valence electrons. The molecule has 6 amide bonds. The summed E-state index contributed by atoms with van der Waals surface area (Å²) in [4.78, 5) is 146. The highest BCUT2D eigenvalue weighted by atomic mass is 16.6. The minimum Gasteiger partial charge on any atom is -0.497 e. The van der Waals surface area contributed by atoms with Gasteiger partial charge < -0.3 is 50.0 Å². The fourth-order valence-electron chi connectivity index (χ4n) is 10.3. The van der Waals surface area contributed by atoms with Gasteiger partial charge in [-0.25, -0.2) is 4.79 Å². The Balaban J connectivity index is 1.84. The van der Waals surface area contributed by atoms with Crippen LogP contribution in [0.2, 0.25) is 0 Å². The molecule has 10 atom stereocenters. The van der Waals surface area contributed by atoms with E-state index >= 15 is 0 Å². The quantitative estimate of drug-likeness (QED) is 0.112. The number of amides is 6. The number of ether oxygens (including phenoxy) is 3. The average molecular weight is 1070 g/mol. The van der Waals surface area contributed by atoms with Gasteiger partial charge in [-0.2, -0.15) is 0 Å². The van der Waals surface area contributed by atoms with Crippen molar-refractivity contribution in [1.82, 2.24) is 35.6 Å². The van der Waals surface area contributed by atoms with E-state index in [-0.39, 0.29) is 56.7 Å². The highest BCUT2D eigenvalue weighted by Gasteiger charge is 2.44. The van der Waals surface area contributed by atoms with Gasteiger partial charge in [-0.15, -0.1) is 0 Å². The highest BCUT2D eigenvalue weighted by Crippen LogP contribution is 2.26. The van der Waals surface area contributed by atoms with Crippen LogP contribution >= 0.6 is 0 Å². The lowest BCUT2D eigenvalue weighted by molar-refractivity contribution is -0.162. The number of nitrogens with zero attached hydrogens (tertiary/aromatic N) is 4. The molecule has 21 nitrogen and oxygen atoms in total. The Morgan fingerprint density at radius 3 is 2.09 bits per heavy atom. The molecule has 3 aliphatic heterocycles. The van der Waals surface area contributed by atoms with E-state index in [0.717, 1.165) is 0 Å². The molecule has 21 heteroatoms. The smallest absolute Gasteiger partial charge is 0.329 e. The fraction of sp³-hybridized carbons (Fsp3) is 0.709. The van der Waals surface area contributed by atoms with Gasteiger partial charge in [0, 0.05) is 46.1 Å². The molecule has 0 radical (unpaired) electrons. The normalized spacial score (nSPS) is 26.6. The standard InChI is InChI=1S/C55H85N7O14/c1-30(2)24-39-53(71)62-23-15-17-40(62)54(72)60(12)42(26-36-18-20-38(74-13)21-19-36)55(73)75-35(10)48(58-50(68)41(25-31(3)4)59(11)29-37-16-14-22-61(37)52(70)34(9)63)51(69)57-47(32(5)6)43(64)28-46(67)76-49(33(7)8)44(65)27-45(66)56-39/h18-21,30-33,35,37,39-43,47-49,64H,14-17,22-29H2,1-13H3,(H,56,66)(H,57,69)(H,58,68)/t35-,37?,39+,40+,41-,42+,43+,47-,48+,49+/m1/s1. The van der Waals surface area contributed by atoms with Crippen molar-refractivity contribution in [2.75, 3.05) is 40.8 Å². The van der Waals surface area contributed by atoms with E-state index in [1.54, 1.807) is 63.9 Å². The molecule has 0 bridgehead atoms. The topological polar surface area (TPSA) is 268 Å². The van der Waals surface area contributed by atoms with Crippen LogP contribution in [-0.2, 0) is 63.8 Å². The van der Waals surface area contributed by atoms with Crippen LogP contribution in [0.15, 0.2) is 24.3 Å². The zero-order valence-electron chi connectivity index (χ0n) is 46.9. The molecule has 0 aliphatic carbocycles. The summed E-state index contributed by atoms with van der Waals surface area (Å²) in [6.45, 7) is 17.5. The Labute approximate surface area is 448 Å². The number of likely N-dealkylation sites (N-methyl/N-ethyl adjacent to an activating group) is 2. The molecule has 1 unspecified atom stereocenters. The van der Waals surface area contributed by atoms with Crippen LogP contribution in [0.5, 0.6) is 5.75 Å². The number of aliphatic hydroxyl groups is 1. The van der Waals surface area contributed by atoms with Crippen LogP contribution in [0.1, 0.15) is 126 Å². The monoisotopic (exact) mass is 1070 g/mol. The summed E-state index contributed by atoms with van der Waals surface area (Å²) in [5, 5.41) is 20.0. The summed E-state index contributed by atoms with van der Waals surface area (Å²) in [6, 6.07) is -0.884. The number of hydrogen-bond donors (Lipinski definition) is 4. The first-order valence-corrected chi connectivity index (χ1v) is 26.9. The summed E-state index contributed by atoms with van der Waals surface area (Å²) in [5.41, 5.74) is 0.598. The SMILES string of the molecule is COc1ccc(C[C@H]2C(=O)O[C@H](C)[C@H](NC(=O)[C@@H](CC(C)C)N(C)CC3CCCN3C(=O)C(C)=O)C(=O)N[C@H](C(C)C)[C@@H](O)CC(=O)O[C@@H](C(C)C)C(=O)CC(=O)N[C@@H](CC(C)C)C(=O)N3CCC[C@H]3C(=O)N2C)cc1. The lowest BCUT2D eigenvalue weighted by Gasteiger charge is -2.36. The molecule has 0 aromatic heterocycles. The predicted octanol–water partition coefficient (Wildman–Crippen LogP) is 2.36. The van der Waals surface area contributed by atoms with Crippen LogP contribution in [0.25, 0.3) is 0 Å². The van der Waals surface area contributed by atoms with Crippen molar-refractivity contribution in [3.63, 3.8) is 0 Å². The van der Waals surface area contributed by atoms with Crippen molar-refractivity contribution < 1.29 is 67.3 Å². The number of aliphatic hydroxyl groups excluding tert-OH is 1. The lowest BCUT2D eigenvalue weighted by Crippen LogP contribution is -2.61. The van der Waals surface area contributed by atoms with E-state index in [1.165, 1.54) is 42.7 Å². The molecule has 0 spiro atoms. The maximum Gasteiger partial charge on any atom is 0.329 e. The van der Waals surface area contributed by atoms with Crippen molar-refractivity contribution in [2.45, 2.75) is 188 Å². The first-order valence-electron chi connectivity index (χ1n) is 26.9. The highest BCUT2D eigenvalue weighted by molar-refractivity contribution is 6.35. The van der Waals surface area contributed by atoms with Gasteiger partial charge in [-0.05, 0) is 93.9 Å². The molecule has 3 heterocycles. The minimum absolute atomic E-state index is 0.0563. The van der Waals surface area contributed by atoms with Gasteiger partial charge in [0.1, 0.15) is 36.0 Å². The van der Waals surface area contributed by atoms with Gasteiger partial charge in [0.15, 0.2) is 11.9 Å². The summed E-state index contributed by atoms with van der Waals surface area (Å²) in [5.74, 6) is -8.21. The zero-order valence-corrected chi connectivity index (χ0v) is 46.9. The summed E-state index contributed by atoms with van der Waals surface area (Å²) < 4.78 is 17.1. The second-order valence-corrected chi connectivity index (χ2v) is 22.4. The van der Waals surface area contributed by atoms with Crippen molar-refractivity contribution in [3.05, 3.63) is 29.8 Å². The fourth-order valence-corrected chi connectivity index (χ4v) is 10.3. The number of methoxy groups -OCH3 is 1. The molecule has 1 aromatic carbocycles. The van der Waals surface area contributed by atoms with Crippen LogP contribution in [0.3, 0.4) is 0 Å². The van der Waals surface area contributed by atoms with Gasteiger partial charge in [-0.1, -0.05) is 67.5 Å². The van der Waals surface area contributed by atoms with Crippen LogP contribution in [0.4, 0.5) is 0 Å². The predicted molar refractivity (Wildman–Crippen MR) is 280 cm³/mol. The number of ketones is 2. The maximum atomic E-state index is 14.9. The van der Waals surface area contributed by atoms with Gasteiger partial charge >= 0.3 is 11.9 Å². The summed E-state index contributed by atoms with van der Waals surface area (Å²) in [6.07, 6.45) is -3.68. The number of carbonyl (C=O) groups excluding carboxylic acids is 10. The Morgan fingerprint density at radius 2 is 1.51 bits per heavy atom. The Morgan fingerprint density at radius 1 is 0.868 bits per heavy atom. The number of cyclic esters (lactones) is 2. The number of carbonyl (C=O) groups is 10. The molecule has 4 N–H and O–H groups in total. The third-order valence-corrected chi connectivity index (χ3v) is 14.5. The molecule has 3 fully saturated rings. The molecule has 3 saturated heterocycles. The number of nitrogens with one attached hydrogen (secondary N) is 3. The number of rotatable bonds is 15. The third kappa shape index (κ3) is 17.0. The molecule has 1 aromatic rings. The average Bonchev–Trinajstić information content (AvgIpc) is 4.03. The maximum absolute atomic E-state index is 14.9. The number of hydrogen-bond acceptors (Lipinski definition) is 15. The molecular weight excluding hydrogens is 983 g/mol. The van der Waals surface area contributed by atoms with E-state index < -0.39 is 138 Å². The van der Waals surface area contributed by atoms with E-state index in [4.69, 9.17) is 14.2 Å². The van der Waals surface area contributed by atoms with Gasteiger partial charge in [0.25, 0.3) is 5.91 Å². The number of benzene rings is 1. The molecule has 0 saturated carbocycles. The number of esters is 2. The number of fused-ring (bicyclic) bond motifs is 1. The molecular formula is C55H85N7O14. The zero-order chi connectivity index (χ0) is 56.9. The minimum atomic E-state index is -1.65. The molecule has 76 heavy (non-hydrogen) atoms. The van der Waals surface area contributed by atoms with Gasteiger partial charge in [-0.3, -0.25) is 48.1 Å². The number of Topliss-reactive ketones (excluding diaryl/α,β-unsaturated/α-hetero) is 2. The van der Waals surface area contributed by atoms with E-state index in [2.05, 4.69) is 16.0 Å². The van der Waals surface area contributed by atoms with Crippen molar-refractivity contribution >= 4 is 58.9 Å². The third-order valence-electron chi connectivity index (χ3n) is 14.5. The number of likely N-dealkylation sites (tertiary alicyclic amines) is 1. The Kier molecular flexibility index (Phi) is 23.4. The van der Waals surface area contributed by atoms with Gasteiger partial charge in [0.05, 0.1) is 38.1 Å². The second kappa shape index (κ2) is 28.4. The van der Waals surface area contributed by atoms with E-state index in [9.17, 15) is 53.1 Å². The first kappa shape index (κ1) is 62.6. The first-order chi connectivity index (χ1) is 35.6. The van der Waals surface area contributed by atoms with Crippen molar-refractivity contribution in [2.24, 2.45) is 23.7 Å². The van der Waals surface area contributed by atoms with Crippen LogP contribution in [0, 0.1) is 23.7 Å². The summed E-state index contributed by atoms with van der Waals surface area (Å²) in [7, 11) is 4.63. The molecule has 3 aliphatic rings. The van der Waals surface area contributed by atoms with Gasteiger partial charge in [0.2, 0.25) is 35.3 Å². The Hall–Kier alpha value is -5.96. The Bertz CT molecular complexity index is 2240. The van der Waals surface area contributed by atoms with E-state index in [0.29, 0.717) is 37.1 Å². The van der Waals surface area contributed by atoms with Crippen LogP contribution < -0.4 is 20.7 Å².